The summed E-state index contributed by atoms with van der Waals surface area (Å²) in [5.41, 5.74) is 4.57. The molecular weight excluding hydrogens is 508 g/mol. The molecule has 1 aliphatic heterocycles. The zero-order valence-corrected chi connectivity index (χ0v) is 23.0. The van der Waals surface area contributed by atoms with E-state index in [1.54, 1.807) is 11.3 Å². The standard InChI is InChI=1S/C31H36N4O3S/c36-17-16-35-14-11-26(12-15-35)38-25-8-5-22(6-9-25)30-27-19-23(7-10-28(27)33-34-30)31(37)32-29(21-3-1-2-4-21)24-13-18-39-20-24/h5-10,13,18-21,26,29,36H,1-4,11-12,14-17H2,(H,32,37)(H,33,34). The number of carbonyl (C=O) groups excluding carboxylic acids is 1. The number of β-amino-alcohol motifs (C(OH)–C–C–N with tert-alkyl or cyclic N) is 1. The number of aromatic nitrogens is 2. The van der Waals surface area contributed by atoms with Crippen LogP contribution in [0.25, 0.3) is 22.2 Å². The van der Waals surface area contributed by atoms with E-state index in [4.69, 9.17) is 9.84 Å². The van der Waals surface area contributed by atoms with Crippen molar-refractivity contribution in [3.05, 3.63) is 70.4 Å². The molecule has 1 saturated carbocycles. The molecule has 1 atom stereocenters. The predicted molar refractivity (Wildman–Crippen MR) is 155 cm³/mol. The highest BCUT2D eigenvalue weighted by molar-refractivity contribution is 7.08. The van der Waals surface area contributed by atoms with E-state index in [1.165, 1.54) is 18.4 Å². The molecule has 1 saturated heterocycles. The molecule has 0 spiro atoms. The van der Waals surface area contributed by atoms with Crippen molar-refractivity contribution in [3.8, 4) is 17.0 Å². The van der Waals surface area contributed by atoms with Gasteiger partial charge in [0.2, 0.25) is 0 Å². The molecule has 7 nitrogen and oxygen atoms in total. The Morgan fingerprint density at radius 1 is 1.10 bits per heavy atom. The van der Waals surface area contributed by atoms with Crippen LogP contribution >= 0.6 is 11.3 Å². The average molecular weight is 545 g/mol. The van der Waals surface area contributed by atoms with Gasteiger partial charge >= 0.3 is 0 Å². The lowest BCUT2D eigenvalue weighted by Crippen LogP contribution is -2.39. The zero-order chi connectivity index (χ0) is 26.6. The Hall–Kier alpha value is -3.20. The van der Waals surface area contributed by atoms with Gasteiger partial charge < -0.3 is 20.1 Å². The van der Waals surface area contributed by atoms with Crippen molar-refractivity contribution in [1.82, 2.24) is 20.4 Å². The summed E-state index contributed by atoms with van der Waals surface area (Å²) in [6, 6.07) is 16.0. The monoisotopic (exact) mass is 544 g/mol. The summed E-state index contributed by atoms with van der Waals surface area (Å²) in [7, 11) is 0. The number of ether oxygens (including phenoxy) is 1. The van der Waals surface area contributed by atoms with Crippen LogP contribution in [-0.2, 0) is 0 Å². The number of hydrogen-bond donors (Lipinski definition) is 3. The summed E-state index contributed by atoms with van der Waals surface area (Å²) in [6.07, 6.45) is 6.91. The number of aliphatic hydroxyl groups excluding tert-OH is 1. The maximum absolute atomic E-state index is 13.4. The molecule has 2 aromatic carbocycles. The maximum Gasteiger partial charge on any atom is 0.251 e. The highest BCUT2D eigenvalue weighted by atomic mass is 32.1. The van der Waals surface area contributed by atoms with E-state index in [0.717, 1.165) is 73.2 Å². The number of likely N-dealkylation sites (tertiary alicyclic amines) is 1. The third-order valence-corrected chi connectivity index (χ3v) is 8.97. The zero-order valence-electron chi connectivity index (χ0n) is 22.1. The third kappa shape index (κ3) is 5.88. The van der Waals surface area contributed by atoms with Gasteiger partial charge in [-0.05, 0) is 96.5 Å². The van der Waals surface area contributed by atoms with Gasteiger partial charge in [0, 0.05) is 36.1 Å². The number of rotatable bonds is 9. The van der Waals surface area contributed by atoms with Gasteiger partial charge in [-0.1, -0.05) is 12.8 Å². The fourth-order valence-corrected chi connectivity index (χ4v) is 6.79. The summed E-state index contributed by atoms with van der Waals surface area (Å²) in [5.74, 6) is 1.30. The summed E-state index contributed by atoms with van der Waals surface area (Å²) < 4.78 is 6.23. The number of nitrogens with one attached hydrogen (secondary N) is 2. The van der Waals surface area contributed by atoms with E-state index in [2.05, 4.69) is 37.2 Å². The van der Waals surface area contributed by atoms with E-state index in [1.807, 2.05) is 42.5 Å². The number of H-pyrrole nitrogens is 1. The van der Waals surface area contributed by atoms with Gasteiger partial charge in [-0.3, -0.25) is 9.89 Å². The maximum atomic E-state index is 13.4. The highest BCUT2D eigenvalue weighted by Crippen LogP contribution is 2.37. The quantitative estimate of drug-likeness (QED) is 0.248. The number of carbonyl (C=O) groups is 1. The van der Waals surface area contributed by atoms with E-state index < -0.39 is 0 Å². The SMILES string of the molecule is O=C(NC(c1ccsc1)C1CCCC1)c1ccc2[nH]nc(-c3ccc(OC4CCN(CCO)CC4)cc3)c2c1. The normalized spacial score (nSPS) is 18.0. The fraction of sp³-hybridized carbons (Fsp3) is 0.419. The second kappa shape index (κ2) is 11.9. The van der Waals surface area contributed by atoms with E-state index in [0.29, 0.717) is 11.5 Å². The minimum atomic E-state index is -0.0408. The Labute approximate surface area is 233 Å². The topological polar surface area (TPSA) is 90.5 Å². The Bertz CT molecular complexity index is 1370. The second-order valence-corrected chi connectivity index (χ2v) is 11.6. The molecule has 1 amide bonds. The fourth-order valence-electron chi connectivity index (χ4n) is 6.09. The van der Waals surface area contributed by atoms with Crippen molar-refractivity contribution in [2.75, 3.05) is 26.2 Å². The number of piperidine rings is 1. The highest BCUT2D eigenvalue weighted by Gasteiger charge is 2.28. The number of fused-ring (bicyclic) bond motifs is 1. The summed E-state index contributed by atoms with van der Waals surface area (Å²) in [4.78, 5) is 15.7. The number of hydrogen-bond acceptors (Lipinski definition) is 6. The van der Waals surface area contributed by atoms with Gasteiger partial charge in [-0.25, -0.2) is 0 Å². The molecule has 8 heteroatoms. The van der Waals surface area contributed by atoms with E-state index in [9.17, 15) is 4.79 Å². The van der Waals surface area contributed by atoms with Crippen molar-refractivity contribution in [2.45, 2.75) is 50.7 Å². The Balaban J connectivity index is 1.16. The van der Waals surface area contributed by atoms with Crippen LogP contribution < -0.4 is 10.1 Å². The predicted octanol–water partition coefficient (Wildman–Crippen LogP) is 5.79. The number of nitrogens with zero attached hydrogens (tertiary/aromatic N) is 2. The molecule has 2 aromatic heterocycles. The van der Waals surface area contributed by atoms with Gasteiger partial charge in [0.05, 0.1) is 23.9 Å². The van der Waals surface area contributed by atoms with Gasteiger partial charge in [-0.15, -0.1) is 0 Å². The molecular formula is C31H36N4O3S. The van der Waals surface area contributed by atoms with Crippen LogP contribution in [0.4, 0.5) is 0 Å². The third-order valence-electron chi connectivity index (χ3n) is 8.27. The summed E-state index contributed by atoms with van der Waals surface area (Å²) in [5, 5.41) is 25.4. The van der Waals surface area contributed by atoms with E-state index in [-0.39, 0.29) is 24.7 Å². The molecule has 1 unspecified atom stereocenters. The van der Waals surface area contributed by atoms with Gasteiger partial charge in [0.1, 0.15) is 11.9 Å². The van der Waals surface area contributed by atoms with Crippen molar-refractivity contribution in [2.24, 2.45) is 5.92 Å². The minimum absolute atomic E-state index is 0.0408. The molecule has 2 fully saturated rings. The summed E-state index contributed by atoms with van der Waals surface area (Å²) in [6.45, 7) is 2.84. The van der Waals surface area contributed by atoms with Crippen molar-refractivity contribution in [1.29, 1.82) is 0 Å². The van der Waals surface area contributed by atoms with Crippen LogP contribution in [0.15, 0.2) is 59.3 Å². The van der Waals surface area contributed by atoms with Crippen molar-refractivity contribution >= 4 is 28.1 Å². The largest absolute Gasteiger partial charge is 0.490 e. The van der Waals surface area contributed by atoms with Crippen LogP contribution in [0.1, 0.15) is 60.5 Å². The number of thiophene rings is 1. The van der Waals surface area contributed by atoms with E-state index >= 15 is 0 Å². The number of amides is 1. The molecule has 6 rings (SSSR count). The summed E-state index contributed by atoms with van der Waals surface area (Å²) >= 11 is 1.68. The number of benzene rings is 2. The lowest BCUT2D eigenvalue weighted by atomic mass is 9.93. The molecule has 0 bridgehead atoms. The Morgan fingerprint density at radius 3 is 2.62 bits per heavy atom. The lowest BCUT2D eigenvalue weighted by Gasteiger charge is -2.31. The smallest absolute Gasteiger partial charge is 0.251 e. The number of aliphatic hydroxyl groups is 1. The Morgan fingerprint density at radius 2 is 1.90 bits per heavy atom. The average Bonchev–Trinajstić information content (AvgIpc) is 3.76. The Kier molecular flexibility index (Phi) is 7.95. The van der Waals surface area contributed by atoms with Gasteiger partial charge in [0.15, 0.2) is 0 Å². The lowest BCUT2D eigenvalue weighted by molar-refractivity contribution is 0.0889. The molecule has 2 aliphatic rings. The van der Waals surface area contributed by atoms with Gasteiger partial charge in [-0.2, -0.15) is 16.4 Å². The first-order valence-corrected chi connectivity index (χ1v) is 15.0. The molecule has 3 heterocycles. The molecule has 3 N–H and O–H groups in total. The van der Waals surface area contributed by atoms with Crippen LogP contribution in [0, 0.1) is 5.92 Å². The van der Waals surface area contributed by atoms with Crippen LogP contribution in [-0.4, -0.2) is 58.5 Å². The molecule has 0 radical (unpaired) electrons. The van der Waals surface area contributed by atoms with Crippen molar-refractivity contribution in [3.63, 3.8) is 0 Å². The first kappa shape index (κ1) is 26.0. The second-order valence-electron chi connectivity index (χ2n) is 10.8. The first-order chi connectivity index (χ1) is 19.2. The molecule has 4 aromatic rings. The molecule has 204 valence electrons. The van der Waals surface area contributed by atoms with Crippen molar-refractivity contribution < 1.29 is 14.6 Å². The molecule has 39 heavy (non-hydrogen) atoms. The van der Waals surface area contributed by atoms with Crippen LogP contribution in [0.3, 0.4) is 0 Å². The van der Waals surface area contributed by atoms with Crippen LogP contribution in [0.2, 0.25) is 0 Å². The number of aromatic amines is 1. The first-order valence-electron chi connectivity index (χ1n) is 14.1. The minimum Gasteiger partial charge on any atom is -0.490 e. The molecule has 1 aliphatic carbocycles. The van der Waals surface area contributed by atoms with Gasteiger partial charge in [0.25, 0.3) is 5.91 Å². The van der Waals surface area contributed by atoms with Crippen LogP contribution in [0.5, 0.6) is 5.75 Å².